The lowest BCUT2D eigenvalue weighted by molar-refractivity contribution is -0.124. The second-order valence-electron chi connectivity index (χ2n) is 6.52. The minimum Gasteiger partial charge on any atom is -0.329 e. The van der Waals surface area contributed by atoms with E-state index in [0.29, 0.717) is 12.3 Å². The van der Waals surface area contributed by atoms with Crippen molar-refractivity contribution in [3.63, 3.8) is 0 Å². The van der Waals surface area contributed by atoms with Crippen LogP contribution in [0.3, 0.4) is 0 Å². The standard InChI is InChI=1S/C21H20N4O2S/c1-15-7-9-16(10-8-15)18-13-23-21(25(18)17-5-3-2-4-6-17)28-12-11-24-19(26)14-22-20(24)27/h2-10,13H,11-12,14H2,1H3,(H,22,27). The molecule has 0 saturated carbocycles. The minimum atomic E-state index is -0.322. The van der Waals surface area contributed by atoms with Gasteiger partial charge in [-0.25, -0.2) is 9.78 Å². The van der Waals surface area contributed by atoms with Gasteiger partial charge in [0.2, 0.25) is 5.91 Å². The van der Waals surface area contributed by atoms with Crippen LogP contribution in [0.1, 0.15) is 5.56 Å². The molecule has 4 rings (SSSR count). The first-order chi connectivity index (χ1) is 13.6. The van der Waals surface area contributed by atoms with Gasteiger partial charge in [0, 0.05) is 23.5 Å². The van der Waals surface area contributed by atoms with Crippen molar-refractivity contribution in [2.45, 2.75) is 12.1 Å². The number of nitrogens with one attached hydrogen (secondary N) is 1. The molecular formula is C21H20N4O2S. The van der Waals surface area contributed by atoms with Crippen LogP contribution < -0.4 is 5.32 Å². The fourth-order valence-electron chi connectivity index (χ4n) is 3.10. The fourth-order valence-corrected chi connectivity index (χ4v) is 4.02. The Morgan fingerprint density at radius 3 is 2.50 bits per heavy atom. The van der Waals surface area contributed by atoms with Gasteiger partial charge in [-0.2, -0.15) is 0 Å². The van der Waals surface area contributed by atoms with Crippen molar-refractivity contribution in [2.75, 3.05) is 18.8 Å². The van der Waals surface area contributed by atoms with E-state index >= 15 is 0 Å². The third kappa shape index (κ3) is 3.66. The number of amides is 3. The maximum atomic E-state index is 11.7. The van der Waals surface area contributed by atoms with Gasteiger partial charge < -0.3 is 5.32 Å². The summed E-state index contributed by atoms with van der Waals surface area (Å²) in [5.41, 5.74) is 4.32. The average molecular weight is 392 g/mol. The van der Waals surface area contributed by atoms with E-state index in [1.807, 2.05) is 36.5 Å². The van der Waals surface area contributed by atoms with Crippen LogP contribution >= 0.6 is 11.8 Å². The van der Waals surface area contributed by atoms with E-state index in [0.717, 1.165) is 22.1 Å². The number of carbonyl (C=O) groups excluding carboxylic acids is 2. The zero-order valence-corrected chi connectivity index (χ0v) is 16.3. The zero-order valence-electron chi connectivity index (χ0n) is 15.5. The molecule has 1 saturated heterocycles. The molecule has 0 atom stereocenters. The lowest BCUT2D eigenvalue weighted by Crippen LogP contribution is -2.32. The van der Waals surface area contributed by atoms with E-state index in [-0.39, 0.29) is 18.5 Å². The monoisotopic (exact) mass is 392 g/mol. The molecule has 3 amide bonds. The fraction of sp³-hybridized carbons (Fsp3) is 0.190. The van der Waals surface area contributed by atoms with Gasteiger partial charge in [-0.15, -0.1) is 0 Å². The molecule has 2 heterocycles. The summed E-state index contributed by atoms with van der Waals surface area (Å²) in [7, 11) is 0. The molecule has 3 aromatic rings. The molecule has 2 aromatic carbocycles. The van der Waals surface area contributed by atoms with Gasteiger partial charge in [-0.1, -0.05) is 59.8 Å². The smallest absolute Gasteiger partial charge is 0.324 e. The average Bonchev–Trinajstić information content (AvgIpc) is 3.27. The van der Waals surface area contributed by atoms with Gasteiger partial charge in [0.1, 0.15) is 0 Å². The van der Waals surface area contributed by atoms with Crippen molar-refractivity contribution >= 4 is 23.7 Å². The predicted octanol–water partition coefficient (Wildman–Crippen LogP) is 3.49. The number of benzene rings is 2. The molecule has 0 unspecified atom stereocenters. The number of imidazole rings is 1. The van der Waals surface area contributed by atoms with Gasteiger partial charge in [-0.05, 0) is 19.1 Å². The number of imide groups is 1. The number of aryl methyl sites for hydroxylation is 1. The number of thioether (sulfide) groups is 1. The van der Waals surface area contributed by atoms with Gasteiger partial charge >= 0.3 is 6.03 Å². The highest BCUT2D eigenvalue weighted by Crippen LogP contribution is 2.30. The quantitative estimate of drug-likeness (QED) is 0.515. The van der Waals surface area contributed by atoms with Crippen molar-refractivity contribution in [1.29, 1.82) is 0 Å². The SMILES string of the molecule is Cc1ccc(-c2cnc(SCCN3C(=O)CNC3=O)n2-c2ccccc2)cc1. The van der Waals surface area contributed by atoms with E-state index in [9.17, 15) is 9.59 Å². The topological polar surface area (TPSA) is 67.2 Å². The number of aromatic nitrogens is 2. The highest BCUT2D eigenvalue weighted by atomic mass is 32.2. The molecule has 7 heteroatoms. The Kier molecular flexibility index (Phi) is 5.16. The first-order valence-electron chi connectivity index (χ1n) is 9.04. The van der Waals surface area contributed by atoms with Crippen molar-refractivity contribution in [3.05, 3.63) is 66.4 Å². The highest BCUT2D eigenvalue weighted by Gasteiger charge is 2.28. The molecule has 1 N–H and O–H groups in total. The molecule has 1 aliphatic heterocycles. The van der Waals surface area contributed by atoms with E-state index in [4.69, 9.17) is 0 Å². The molecule has 0 aliphatic carbocycles. The normalized spacial score (nSPS) is 13.8. The third-order valence-corrected chi connectivity index (χ3v) is 5.51. The largest absolute Gasteiger partial charge is 0.329 e. The lowest BCUT2D eigenvalue weighted by Gasteiger charge is -2.14. The summed E-state index contributed by atoms with van der Waals surface area (Å²) in [5, 5.41) is 3.37. The van der Waals surface area contributed by atoms with Crippen LogP contribution in [0.25, 0.3) is 16.9 Å². The summed E-state index contributed by atoms with van der Waals surface area (Å²) >= 11 is 1.53. The highest BCUT2D eigenvalue weighted by molar-refractivity contribution is 7.99. The van der Waals surface area contributed by atoms with Gasteiger partial charge in [0.15, 0.2) is 5.16 Å². The van der Waals surface area contributed by atoms with Crippen LogP contribution in [0, 0.1) is 6.92 Å². The number of nitrogens with zero attached hydrogens (tertiary/aromatic N) is 3. The summed E-state index contributed by atoms with van der Waals surface area (Å²) in [6.07, 6.45) is 1.87. The van der Waals surface area contributed by atoms with Crippen LogP contribution in [0.15, 0.2) is 66.0 Å². The van der Waals surface area contributed by atoms with Crippen LogP contribution in [0.5, 0.6) is 0 Å². The number of para-hydroxylation sites is 1. The Bertz CT molecular complexity index is 983. The van der Waals surface area contributed by atoms with Gasteiger partial charge in [0.05, 0.1) is 18.4 Å². The Balaban J connectivity index is 1.61. The van der Waals surface area contributed by atoms with E-state index < -0.39 is 0 Å². The zero-order chi connectivity index (χ0) is 19.5. The van der Waals surface area contributed by atoms with Crippen molar-refractivity contribution < 1.29 is 9.59 Å². The molecule has 28 heavy (non-hydrogen) atoms. The summed E-state index contributed by atoms with van der Waals surface area (Å²) in [5.74, 6) is 0.397. The van der Waals surface area contributed by atoms with Crippen molar-refractivity contribution in [3.8, 4) is 16.9 Å². The molecular weight excluding hydrogens is 372 g/mol. The third-order valence-electron chi connectivity index (χ3n) is 4.57. The molecule has 1 fully saturated rings. The van der Waals surface area contributed by atoms with E-state index in [1.165, 1.54) is 22.2 Å². The summed E-state index contributed by atoms with van der Waals surface area (Å²) < 4.78 is 2.11. The minimum absolute atomic E-state index is 0.0830. The number of rotatable bonds is 6. The Hall–Kier alpha value is -3.06. The molecule has 0 spiro atoms. The molecule has 142 valence electrons. The molecule has 0 radical (unpaired) electrons. The predicted molar refractivity (Wildman–Crippen MR) is 110 cm³/mol. The first-order valence-corrected chi connectivity index (χ1v) is 10.0. The van der Waals surface area contributed by atoms with Crippen LogP contribution in [-0.4, -0.2) is 45.2 Å². The van der Waals surface area contributed by atoms with Crippen LogP contribution in [-0.2, 0) is 4.79 Å². The molecule has 1 aromatic heterocycles. The van der Waals surface area contributed by atoms with Crippen molar-refractivity contribution in [1.82, 2.24) is 19.8 Å². The number of hydrogen-bond acceptors (Lipinski definition) is 4. The van der Waals surface area contributed by atoms with Gasteiger partial charge in [-0.3, -0.25) is 14.3 Å². The summed E-state index contributed by atoms with van der Waals surface area (Å²) in [6, 6.07) is 18.1. The Labute approximate surface area is 167 Å². The summed E-state index contributed by atoms with van der Waals surface area (Å²) in [4.78, 5) is 29.3. The molecule has 0 bridgehead atoms. The Morgan fingerprint density at radius 2 is 1.82 bits per heavy atom. The lowest BCUT2D eigenvalue weighted by atomic mass is 10.1. The van der Waals surface area contributed by atoms with Crippen LogP contribution in [0.2, 0.25) is 0 Å². The number of urea groups is 1. The second-order valence-corrected chi connectivity index (χ2v) is 7.58. The van der Waals surface area contributed by atoms with Gasteiger partial charge in [0.25, 0.3) is 0 Å². The van der Waals surface area contributed by atoms with E-state index in [1.54, 1.807) is 0 Å². The first kappa shape index (κ1) is 18.3. The maximum Gasteiger partial charge on any atom is 0.324 e. The number of hydrogen-bond donors (Lipinski definition) is 1. The molecule has 1 aliphatic rings. The second kappa shape index (κ2) is 7.90. The molecule has 6 nitrogen and oxygen atoms in total. The van der Waals surface area contributed by atoms with E-state index in [2.05, 4.69) is 46.1 Å². The number of carbonyl (C=O) groups is 2. The van der Waals surface area contributed by atoms with Crippen LogP contribution in [0.4, 0.5) is 4.79 Å². The Morgan fingerprint density at radius 1 is 1.07 bits per heavy atom. The summed E-state index contributed by atoms with van der Waals surface area (Å²) in [6.45, 7) is 2.51. The van der Waals surface area contributed by atoms with Crippen molar-refractivity contribution in [2.24, 2.45) is 0 Å². The maximum absolute atomic E-state index is 11.7.